The summed E-state index contributed by atoms with van der Waals surface area (Å²) in [5.41, 5.74) is 2.39. The predicted molar refractivity (Wildman–Crippen MR) is 106 cm³/mol. The van der Waals surface area contributed by atoms with Gasteiger partial charge in [-0.2, -0.15) is 0 Å². The maximum absolute atomic E-state index is 12.5. The summed E-state index contributed by atoms with van der Waals surface area (Å²) in [5.74, 6) is 0.350. The maximum Gasteiger partial charge on any atom is 0.257 e. The highest BCUT2D eigenvalue weighted by molar-refractivity contribution is 6.04. The summed E-state index contributed by atoms with van der Waals surface area (Å²) in [6.45, 7) is 4.71. The van der Waals surface area contributed by atoms with E-state index in [-0.39, 0.29) is 12.0 Å². The molecule has 4 rings (SSSR count). The summed E-state index contributed by atoms with van der Waals surface area (Å²) < 4.78 is 16.5. The second kappa shape index (κ2) is 9.03. The molecule has 0 atom stereocenters. The van der Waals surface area contributed by atoms with E-state index in [1.807, 2.05) is 24.3 Å². The molecule has 1 aromatic heterocycles. The van der Waals surface area contributed by atoms with Crippen molar-refractivity contribution in [2.45, 2.75) is 18.9 Å². The number of hydrogen-bond acceptors (Lipinski definition) is 6. The third kappa shape index (κ3) is 4.79. The lowest BCUT2D eigenvalue weighted by molar-refractivity contribution is 0.0237. The molecule has 2 saturated heterocycles. The van der Waals surface area contributed by atoms with Crippen molar-refractivity contribution < 1.29 is 19.0 Å². The minimum absolute atomic E-state index is 0.130. The third-order valence-electron chi connectivity index (χ3n) is 4.96. The molecule has 148 valence electrons. The Kier molecular flexibility index (Phi) is 6.04. The zero-order chi connectivity index (χ0) is 19.2. The van der Waals surface area contributed by atoms with Crippen LogP contribution in [-0.4, -0.2) is 56.5 Å². The van der Waals surface area contributed by atoms with Crippen LogP contribution < -0.4 is 15.0 Å². The smallest absolute Gasteiger partial charge is 0.257 e. The minimum Gasteiger partial charge on any atom is -0.474 e. The molecule has 3 heterocycles. The number of amides is 1. The molecule has 0 bridgehead atoms. The average Bonchev–Trinajstić information content (AvgIpc) is 2.76. The Balaban J connectivity index is 1.32. The topological polar surface area (TPSA) is 72.9 Å². The molecule has 0 unspecified atom stereocenters. The molecule has 2 fully saturated rings. The van der Waals surface area contributed by atoms with Gasteiger partial charge in [-0.1, -0.05) is 0 Å². The Labute approximate surface area is 164 Å². The number of ether oxygens (including phenoxy) is 3. The van der Waals surface area contributed by atoms with Crippen LogP contribution in [0, 0.1) is 0 Å². The van der Waals surface area contributed by atoms with Gasteiger partial charge in [-0.3, -0.25) is 4.79 Å². The third-order valence-corrected chi connectivity index (χ3v) is 4.96. The molecule has 7 heteroatoms. The molecular formula is C21H25N3O4. The summed E-state index contributed by atoms with van der Waals surface area (Å²) >= 11 is 0. The highest BCUT2D eigenvalue weighted by Gasteiger charge is 2.16. The minimum atomic E-state index is -0.191. The second-order valence-electron chi connectivity index (χ2n) is 6.92. The SMILES string of the molecule is O=C(Nc1ccc(N2CCOCC2)cc1)c1ccc(OC2CCOCC2)nc1. The fraction of sp³-hybridized carbons (Fsp3) is 0.429. The van der Waals surface area contributed by atoms with Crippen molar-refractivity contribution in [1.29, 1.82) is 0 Å². The highest BCUT2D eigenvalue weighted by Crippen LogP contribution is 2.20. The summed E-state index contributed by atoms with van der Waals surface area (Å²) in [5, 5.41) is 2.91. The summed E-state index contributed by atoms with van der Waals surface area (Å²) in [6, 6.07) is 11.3. The highest BCUT2D eigenvalue weighted by atomic mass is 16.5. The maximum atomic E-state index is 12.5. The lowest BCUT2D eigenvalue weighted by atomic mass is 10.1. The lowest BCUT2D eigenvalue weighted by Gasteiger charge is -2.28. The first-order valence-corrected chi connectivity index (χ1v) is 9.72. The van der Waals surface area contributed by atoms with Crippen LogP contribution in [0.2, 0.25) is 0 Å². The molecule has 1 N–H and O–H groups in total. The van der Waals surface area contributed by atoms with Gasteiger partial charge < -0.3 is 24.4 Å². The van der Waals surface area contributed by atoms with Crippen LogP contribution >= 0.6 is 0 Å². The second-order valence-corrected chi connectivity index (χ2v) is 6.92. The van der Waals surface area contributed by atoms with Crippen molar-refractivity contribution in [2.75, 3.05) is 49.7 Å². The average molecular weight is 383 g/mol. The van der Waals surface area contributed by atoms with Crippen molar-refractivity contribution in [3.8, 4) is 5.88 Å². The zero-order valence-corrected chi connectivity index (χ0v) is 15.8. The lowest BCUT2D eigenvalue weighted by Crippen LogP contribution is -2.36. The van der Waals surface area contributed by atoms with Crippen molar-refractivity contribution in [2.24, 2.45) is 0 Å². The summed E-state index contributed by atoms with van der Waals surface area (Å²) in [6.07, 6.45) is 3.41. The van der Waals surface area contributed by atoms with Gasteiger partial charge in [0.1, 0.15) is 6.10 Å². The molecule has 0 aliphatic carbocycles. The number of hydrogen-bond donors (Lipinski definition) is 1. The number of nitrogens with zero attached hydrogens (tertiary/aromatic N) is 2. The Hall–Kier alpha value is -2.64. The predicted octanol–water partition coefficient (Wildman–Crippen LogP) is 2.73. The van der Waals surface area contributed by atoms with Crippen LogP contribution in [0.1, 0.15) is 23.2 Å². The van der Waals surface area contributed by atoms with Crippen LogP contribution in [-0.2, 0) is 9.47 Å². The number of rotatable bonds is 5. The first-order chi connectivity index (χ1) is 13.8. The molecule has 1 amide bonds. The molecule has 1 aromatic carbocycles. The van der Waals surface area contributed by atoms with Gasteiger partial charge in [-0.25, -0.2) is 4.98 Å². The van der Waals surface area contributed by atoms with Gasteiger partial charge in [0.2, 0.25) is 5.88 Å². The standard InChI is InChI=1S/C21H25N3O4/c25-21(16-1-6-20(22-15-16)28-19-7-11-26-12-8-19)23-17-2-4-18(5-3-17)24-9-13-27-14-10-24/h1-6,15,19H,7-14H2,(H,23,25). The van der Waals surface area contributed by atoms with Crippen molar-refractivity contribution >= 4 is 17.3 Å². The van der Waals surface area contributed by atoms with Gasteiger partial charge in [-0.05, 0) is 30.3 Å². The van der Waals surface area contributed by atoms with Crippen molar-refractivity contribution in [1.82, 2.24) is 4.98 Å². The van der Waals surface area contributed by atoms with Gasteiger partial charge >= 0.3 is 0 Å². The van der Waals surface area contributed by atoms with E-state index in [1.165, 1.54) is 0 Å². The monoisotopic (exact) mass is 383 g/mol. The van der Waals surface area contributed by atoms with Crippen molar-refractivity contribution in [3.05, 3.63) is 48.2 Å². The Morgan fingerprint density at radius 1 is 1.00 bits per heavy atom. The first kappa shape index (κ1) is 18.7. The van der Waals surface area contributed by atoms with Crippen LogP contribution in [0.25, 0.3) is 0 Å². The largest absolute Gasteiger partial charge is 0.474 e. The summed E-state index contributed by atoms with van der Waals surface area (Å²) in [7, 11) is 0. The fourth-order valence-corrected chi connectivity index (χ4v) is 3.33. The van der Waals surface area contributed by atoms with Crippen LogP contribution in [0.5, 0.6) is 5.88 Å². The van der Waals surface area contributed by atoms with Gasteiger partial charge in [0, 0.05) is 49.6 Å². The van der Waals surface area contributed by atoms with E-state index in [4.69, 9.17) is 14.2 Å². The van der Waals surface area contributed by atoms with Gasteiger partial charge in [0.15, 0.2) is 0 Å². The quantitative estimate of drug-likeness (QED) is 0.856. The number of anilines is 2. The van der Waals surface area contributed by atoms with E-state index < -0.39 is 0 Å². The number of morpholine rings is 1. The van der Waals surface area contributed by atoms with E-state index in [1.54, 1.807) is 18.3 Å². The molecule has 7 nitrogen and oxygen atoms in total. The number of carbonyl (C=O) groups is 1. The normalized spacial score (nSPS) is 17.9. The number of pyridine rings is 1. The molecule has 0 radical (unpaired) electrons. The molecular weight excluding hydrogens is 358 g/mol. The Morgan fingerprint density at radius 3 is 2.39 bits per heavy atom. The van der Waals surface area contributed by atoms with Crippen LogP contribution in [0.3, 0.4) is 0 Å². The van der Waals surface area contributed by atoms with Gasteiger partial charge in [0.05, 0.1) is 32.0 Å². The Bertz CT molecular complexity index is 767. The van der Waals surface area contributed by atoms with Crippen LogP contribution in [0.4, 0.5) is 11.4 Å². The van der Waals surface area contributed by atoms with E-state index >= 15 is 0 Å². The Morgan fingerprint density at radius 2 is 1.71 bits per heavy atom. The number of benzene rings is 1. The number of aromatic nitrogens is 1. The van der Waals surface area contributed by atoms with E-state index in [2.05, 4.69) is 15.2 Å². The number of carbonyl (C=O) groups excluding carboxylic acids is 1. The van der Waals surface area contributed by atoms with E-state index in [9.17, 15) is 4.79 Å². The molecule has 28 heavy (non-hydrogen) atoms. The van der Waals surface area contributed by atoms with E-state index in [0.29, 0.717) is 11.4 Å². The fourth-order valence-electron chi connectivity index (χ4n) is 3.33. The van der Waals surface area contributed by atoms with Crippen LogP contribution in [0.15, 0.2) is 42.6 Å². The molecule has 0 saturated carbocycles. The van der Waals surface area contributed by atoms with Gasteiger partial charge in [-0.15, -0.1) is 0 Å². The zero-order valence-electron chi connectivity index (χ0n) is 15.8. The molecule has 2 aromatic rings. The van der Waals surface area contributed by atoms with Gasteiger partial charge in [0.25, 0.3) is 5.91 Å². The molecule has 2 aliphatic heterocycles. The first-order valence-electron chi connectivity index (χ1n) is 9.72. The summed E-state index contributed by atoms with van der Waals surface area (Å²) in [4.78, 5) is 19.0. The molecule has 2 aliphatic rings. The molecule has 0 spiro atoms. The van der Waals surface area contributed by atoms with Crippen molar-refractivity contribution in [3.63, 3.8) is 0 Å². The number of nitrogens with one attached hydrogen (secondary N) is 1. The van der Waals surface area contributed by atoms with E-state index in [0.717, 1.165) is 63.7 Å².